The summed E-state index contributed by atoms with van der Waals surface area (Å²) in [6.45, 7) is 8.69. The van der Waals surface area contributed by atoms with Crippen molar-refractivity contribution in [3.05, 3.63) is 59.7 Å². The van der Waals surface area contributed by atoms with Crippen LogP contribution in [0.3, 0.4) is 0 Å². The van der Waals surface area contributed by atoms with Crippen LogP contribution in [-0.4, -0.2) is 0 Å². The van der Waals surface area contributed by atoms with Gasteiger partial charge in [0.2, 0.25) is 0 Å². The Balaban J connectivity index is 0.000000211. The molecule has 2 aromatic carbocycles. The van der Waals surface area contributed by atoms with E-state index in [0.717, 1.165) is 11.4 Å². The predicted molar refractivity (Wildman–Crippen MR) is 93.3 cm³/mol. The van der Waals surface area contributed by atoms with Gasteiger partial charge in [-0.25, -0.2) is 0 Å². The first kappa shape index (κ1) is 17.1. The van der Waals surface area contributed by atoms with Crippen LogP contribution in [0.15, 0.2) is 48.5 Å². The number of benzene rings is 2. The molecule has 3 nitrogen and oxygen atoms in total. The Labute approximate surface area is 128 Å². The van der Waals surface area contributed by atoms with Crippen LogP contribution in [-0.2, 0) is 0 Å². The molecule has 2 aromatic rings. The zero-order valence-corrected chi connectivity index (χ0v) is 13.4. The molecule has 0 bridgehead atoms. The molecule has 114 valence electrons. The number of nitrogens with one attached hydrogen (secondary N) is 1. The molecule has 0 amide bonds. The third-order valence-electron chi connectivity index (χ3n) is 3.35. The first-order valence-electron chi connectivity index (χ1n) is 7.36. The molecular formula is C18H27N3. The fourth-order valence-corrected chi connectivity index (χ4v) is 1.85. The van der Waals surface area contributed by atoms with E-state index in [0.29, 0.717) is 11.8 Å². The Kier molecular flexibility index (Phi) is 6.76. The van der Waals surface area contributed by atoms with Crippen LogP contribution >= 0.6 is 0 Å². The van der Waals surface area contributed by atoms with Gasteiger partial charge in [0.05, 0.1) is 0 Å². The molecule has 0 fully saturated rings. The van der Waals surface area contributed by atoms with Crippen molar-refractivity contribution in [3.63, 3.8) is 0 Å². The molecule has 5 N–H and O–H groups in total. The molecule has 0 aromatic heterocycles. The van der Waals surface area contributed by atoms with Gasteiger partial charge < -0.3 is 11.2 Å². The molecule has 0 radical (unpaired) electrons. The monoisotopic (exact) mass is 285 g/mol. The molecule has 2 rings (SSSR count). The molecule has 0 unspecified atom stereocenters. The number of rotatable bonds is 3. The zero-order valence-electron chi connectivity index (χ0n) is 13.4. The predicted octanol–water partition coefficient (Wildman–Crippen LogP) is 4.49. The van der Waals surface area contributed by atoms with Gasteiger partial charge in [-0.05, 0) is 47.2 Å². The molecule has 21 heavy (non-hydrogen) atoms. The first-order chi connectivity index (χ1) is 9.93. The fourth-order valence-electron chi connectivity index (χ4n) is 1.85. The number of hydrogen-bond donors (Lipinski definition) is 3. The van der Waals surface area contributed by atoms with Gasteiger partial charge in [0.1, 0.15) is 0 Å². The quantitative estimate of drug-likeness (QED) is 0.442. The van der Waals surface area contributed by atoms with Gasteiger partial charge in [0, 0.05) is 11.4 Å². The number of hydrazine groups is 1. The SMILES string of the molecule is CC(C)c1ccc(N)cc1.CC(C)c1ccc(NN)cc1. The number of hydrogen-bond acceptors (Lipinski definition) is 3. The van der Waals surface area contributed by atoms with Gasteiger partial charge in [-0.1, -0.05) is 52.0 Å². The average Bonchev–Trinajstić information content (AvgIpc) is 2.48. The average molecular weight is 285 g/mol. The Hall–Kier alpha value is -2.00. The second-order valence-corrected chi connectivity index (χ2v) is 5.74. The minimum atomic E-state index is 0.585. The van der Waals surface area contributed by atoms with E-state index in [9.17, 15) is 0 Å². The molecule has 0 aliphatic carbocycles. The summed E-state index contributed by atoms with van der Waals surface area (Å²) in [5.41, 5.74) is 12.6. The van der Waals surface area contributed by atoms with Crippen molar-refractivity contribution in [2.75, 3.05) is 11.2 Å². The third kappa shape index (κ3) is 5.88. The molecule has 0 aliphatic heterocycles. The summed E-state index contributed by atoms with van der Waals surface area (Å²) in [5.74, 6) is 6.41. The van der Waals surface area contributed by atoms with Crippen molar-refractivity contribution in [1.29, 1.82) is 0 Å². The van der Waals surface area contributed by atoms with Crippen LogP contribution in [0.5, 0.6) is 0 Å². The summed E-state index contributed by atoms with van der Waals surface area (Å²) in [7, 11) is 0. The highest BCUT2D eigenvalue weighted by Gasteiger charge is 1.97. The molecule has 0 aliphatic rings. The van der Waals surface area contributed by atoms with Gasteiger partial charge in [0.15, 0.2) is 0 Å². The second-order valence-electron chi connectivity index (χ2n) is 5.74. The van der Waals surface area contributed by atoms with Gasteiger partial charge >= 0.3 is 0 Å². The first-order valence-corrected chi connectivity index (χ1v) is 7.36. The largest absolute Gasteiger partial charge is 0.399 e. The van der Waals surface area contributed by atoms with Crippen LogP contribution in [0, 0.1) is 0 Å². The Morgan fingerprint density at radius 1 is 0.714 bits per heavy atom. The lowest BCUT2D eigenvalue weighted by atomic mass is 10.0. The summed E-state index contributed by atoms with van der Waals surface area (Å²) in [6.07, 6.45) is 0. The van der Waals surface area contributed by atoms with E-state index in [1.807, 2.05) is 24.3 Å². The van der Waals surface area contributed by atoms with Crippen LogP contribution in [0.4, 0.5) is 11.4 Å². The summed E-state index contributed by atoms with van der Waals surface area (Å²) in [5, 5.41) is 0. The maximum absolute atomic E-state index is 5.53. The van der Waals surface area contributed by atoms with Crippen molar-refractivity contribution in [2.45, 2.75) is 39.5 Å². The lowest BCUT2D eigenvalue weighted by Gasteiger charge is -2.05. The van der Waals surface area contributed by atoms with Crippen LogP contribution in [0.25, 0.3) is 0 Å². The van der Waals surface area contributed by atoms with Crippen molar-refractivity contribution >= 4 is 11.4 Å². The number of anilines is 2. The summed E-state index contributed by atoms with van der Waals surface area (Å²) in [4.78, 5) is 0. The lowest BCUT2D eigenvalue weighted by molar-refractivity contribution is 0.867. The second kappa shape index (κ2) is 8.32. The maximum atomic E-state index is 5.53. The topological polar surface area (TPSA) is 64.1 Å². The van der Waals surface area contributed by atoms with Crippen molar-refractivity contribution in [2.24, 2.45) is 5.84 Å². The minimum absolute atomic E-state index is 0.585. The normalized spacial score (nSPS) is 10.2. The minimum Gasteiger partial charge on any atom is -0.399 e. The third-order valence-corrected chi connectivity index (χ3v) is 3.35. The van der Waals surface area contributed by atoms with Crippen molar-refractivity contribution in [1.82, 2.24) is 0 Å². The molecule has 0 spiro atoms. The highest BCUT2D eigenvalue weighted by atomic mass is 15.2. The van der Waals surface area contributed by atoms with E-state index in [1.54, 1.807) is 0 Å². The molecule has 0 atom stereocenters. The highest BCUT2D eigenvalue weighted by Crippen LogP contribution is 2.16. The highest BCUT2D eigenvalue weighted by molar-refractivity contribution is 5.43. The van der Waals surface area contributed by atoms with Gasteiger partial charge in [-0.2, -0.15) is 0 Å². The maximum Gasteiger partial charge on any atom is 0.0485 e. The molecule has 0 heterocycles. The Bertz CT molecular complexity index is 513. The van der Waals surface area contributed by atoms with Gasteiger partial charge in [0.25, 0.3) is 0 Å². The molecule has 0 saturated heterocycles. The summed E-state index contributed by atoms with van der Waals surface area (Å²) < 4.78 is 0. The zero-order chi connectivity index (χ0) is 15.8. The van der Waals surface area contributed by atoms with Crippen LogP contribution in [0.1, 0.15) is 50.7 Å². The van der Waals surface area contributed by atoms with E-state index < -0.39 is 0 Å². The van der Waals surface area contributed by atoms with Crippen LogP contribution in [0.2, 0.25) is 0 Å². The van der Waals surface area contributed by atoms with Crippen molar-refractivity contribution in [3.8, 4) is 0 Å². The Morgan fingerprint density at radius 3 is 1.43 bits per heavy atom. The van der Waals surface area contributed by atoms with E-state index in [1.165, 1.54) is 11.1 Å². The molecule has 3 heteroatoms. The summed E-state index contributed by atoms with van der Waals surface area (Å²) >= 11 is 0. The number of nitrogen functional groups attached to an aromatic ring is 2. The Morgan fingerprint density at radius 2 is 1.10 bits per heavy atom. The van der Waals surface area contributed by atoms with E-state index in [-0.39, 0.29) is 0 Å². The van der Waals surface area contributed by atoms with Gasteiger partial charge in [-0.3, -0.25) is 5.84 Å². The fraction of sp³-hybridized carbons (Fsp3) is 0.333. The smallest absolute Gasteiger partial charge is 0.0485 e. The van der Waals surface area contributed by atoms with Crippen molar-refractivity contribution < 1.29 is 0 Å². The number of nitrogens with two attached hydrogens (primary N) is 2. The van der Waals surface area contributed by atoms with E-state index >= 15 is 0 Å². The van der Waals surface area contributed by atoms with E-state index in [4.69, 9.17) is 11.6 Å². The lowest BCUT2D eigenvalue weighted by Crippen LogP contribution is -2.06. The van der Waals surface area contributed by atoms with E-state index in [2.05, 4.69) is 57.4 Å². The molecular weight excluding hydrogens is 258 g/mol. The van der Waals surface area contributed by atoms with Gasteiger partial charge in [-0.15, -0.1) is 0 Å². The van der Waals surface area contributed by atoms with Crippen LogP contribution < -0.4 is 17.0 Å². The summed E-state index contributed by atoms with van der Waals surface area (Å²) in [6, 6.07) is 16.1. The molecule has 0 saturated carbocycles. The standard InChI is InChI=1S/C9H14N2.C9H13N/c1-7(2)8-3-5-9(11-10)6-4-8;1-7(2)8-3-5-9(10)6-4-8/h3-7,11H,10H2,1-2H3;3-7H,10H2,1-2H3.